The molecule has 0 aliphatic rings. The molecule has 0 aliphatic carbocycles. The molecule has 0 saturated heterocycles. The molecule has 0 fully saturated rings. The Bertz CT molecular complexity index is 341. The number of rotatable bonds is 3. The van der Waals surface area contributed by atoms with Crippen LogP contribution in [0.5, 0.6) is 0 Å². The van der Waals surface area contributed by atoms with Gasteiger partial charge >= 0.3 is 6.03 Å². The van der Waals surface area contributed by atoms with Gasteiger partial charge in [-0.15, -0.1) is 0 Å². The predicted octanol–water partition coefficient (Wildman–Crippen LogP) is 2.72. The van der Waals surface area contributed by atoms with Crippen LogP contribution in [0.15, 0.2) is 24.3 Å². The average Bonchev–Trinajstić information content (AvgIpc) is 2.18. The fourth-order valence-corrected chi connectivity index (χ4v) is 1.47. The van der Waals surface area contributed by atoms with Crippen molar-refractivity contribution in [3.63, 3.8) is 0 Å². The Labute approximate surface area is 94.8 Å². The van der Waals surface area contributed by atoms with Gasteiger partial charge in [0.1, 0.15) is 0 Å². The number of benzene rings is 1. The molecular weight excluding hydrogens is 212 g/mol. The van der Waals surface area contributed by atoms with Crippen LogP contribution in [0.1, 0.15) is 25.5 Å². The van der Waals surface area contributed by atoms with E-state index in [1.54, 1.807) is 0 Å². The van der Waals surface area contributed by atoms with Gasteiger partial charge in [-0.05, 0) is 31.5 Å². The third-order valence-corrected chi connectivity index (χ3v) is 2.27. The van der Waals surface area contributed by atoms with E-state index in [4.69, 9.17) is 11.6 Å². The Morgan fingerprint density at radius 2 is 2.27 bits per heavy atom. The standard InChI is InChI=1S/C11H15ClN2O/c1-3-13-11(15)14-8(2)9-5-4-6-10(12)7-9/h4-8H,3H2,1-2H3,(H2,13,14,15)/t8-/m1/s1. The lowest BCUT2D eigenvalue weighted by molar-refractivity contribution is 0.238. The highest BCUT2D eigenvalue weighted by atomic mass is 35.5. The van der Waals surface area contributed by atoms with Gasteiger partial charge in [0.15, 0.2) is 0 Å². The Morgan fingerprint density at radius 1 is 1.53 bits per heavy atom. The third-order valence-electron chi connectivity index (χ3n) is 2.03. The van der Waals surface area contributed by atoms with Crippen LogP contribution in [0.3, 0.4) is 0 Å². The van der Waals surface area contributed by atoms with Crippen LogP contribution in [0.4, 0.5) is 4.79 Å². The molecule has 4 heteroatoms. The maximum atomic E-state index is 11.3. The van der Waals surface area contributed by atoms with Crippen LogP contribution in [-0.2, 0) is 0 Å². The number of carbonyl (C=O) groups excluding carboxylic acids is 1. The molecule has 1 aromatic carbocycles. The minimum Gasteiger partial charge on any atom is -0.338 e. The van der Waals surface area contributed by atoms with Crippen molar-refractivity contribution in [2.24, 2.45) is 0 Å². The zero-order chi connectivity index (χ0) is 11.3. The molecule has 0 heterocycles. The molecule has 0 aromatic heterocycles. The Hall–Kier alpha value is -1.22. The summed E-state index contributed by atoms with van der Waals surface area (Å²) in [6.45, 7) is 4.42. The molecule has 0 saturated carbocycles. The highest BCUT2D eigenvalue weighted by molar-refractivity contribution is 6.30. The number of nitrogens with one attached hydrogen (secondary N) is 2. The normalized spacial score (nSPS) is 11.9. The summed E-state index contributed by atoms with van der Waals surface area (Å²) in [7, 11) is 0. The van der Waals surface area contributed by atoms with Crippen molar-refractivity contribution in [2.75, 3.05) is 6.54 Å². The third kappa shape index (κ3) is 3.80. The molecule has 0 bridgehead atoms. The minimum atomic E-state index is -0.162. The lowest BCUT2D eigenvalue weighted by Crippen LogP contribution is -2.36. The molecule has 2 N–H and O–H groups in total. The molecule has 0 aliphatic heterocycles. The minimum absolute atomic E-state index is 0.0461. The summed E-state index contributed by atoms with van der Waals surface area (Å²) in [4.78, 5) is 11.3. The largest absolute Gasteiger partial charge is 0.338 e. The van der Waals surface area contributed by atoms with Crippen molar-refractivity contribution in [3.8, 4) is 0 Å². The van der Waals surface area contributed by atoms with Crippen molar-refractivity contribution in [1.82, 2.24) is 10.6 Å². The van der Waals surface area contributed by atoms with Crippen molar-refractivity contribution < 1.29 is 4.79 Å². The van der Waals surface area contributed by atoms with Crippen molar-refractivity contribution in [3.05, 3.63) is 34.9 Å². The van der Waals surface area contributed by atoms with Gasteiger partial charge in [-0.3, -0.25) is 0 Å². The second kappa shape index (κ2) is 5.61. The molecule has 3 nitrogen and oxygen atoms in total. The van der Waals surface area contributed by atoms with Crippen LogP contribution in [0, 0.1) is 0 Å². The lowest BCUT2D eigenvalue weighted by Gasteiger charge is -2.14. The number of hydrogen-bond acceptors (Lipinski definition) is 1. The van der Waals surface area contributed by atoms with Crippen LogP contribution >= 0.6 is 11.6 Å². The summed E-state index contributed by atoms with van der Waals surface area (Å²) in [5, 5.41) is 6.17. The van der Waals surface area contributed by atoms with Gasteiger partial charge in [-0.1, -0.05) is 23.7 Å². The number of halogens is 1. The van der Waals surface area contributed by atoms with Gasteiger partial charge in [0.25, 0.3) is 0 Å². The van der Waals surface area contributed by atoms with E-state index in [0.29, 0.717) is 11.6 Å². The van der Waals surface area contributed by atoms with Crippen molar-refractivity contribution >= 4 is 17.6 Å². The molecule has 15 heavy (non-hydrogen) atoms. The number of carbonyl (C=O) groups is 1. The Balaban J connectivity index is 2.60. The second-order valence-electron chi connectivity index (χ2n) is 3.28. The van der Waals surface area contributed by atoms with Crippen LogP contribution in [0.25, 0.3) is 0 Å². The van der Waals surface area contributed by atoms with Gasteiger partial charge < -0.3 is 10.6 Å². The molecule has 1 aromatic rings. The average molecular weight is 227 g/mol. The van der Waals surface area contributed by atoms with E-state index in [9.17, 15) is 4.79 Å². The highest BCUT2D eigenvalue weighted by Gasteiger charge is 2.08. The van der Waals surface area contributed by atoms with Gasteiger partial charge in [0, 0.05) is 11.6 Å². The van der Waals surface area contributed by atoms with E-state index in [2.05, 4.69) is 10.6 Å². The number of amides is 2. The van der Waals surface area contributed by atoms with E-state index in [1.807, 2.05) is 38.1 Å². The Morgan fingerprint density at radius 3 is 2.87 bits per heavy atom. The van der Waals surface area contributed by atoms with Crippen LogP contribution in [-0.4, -0.2) is 12.6 Å². The summed E-state index contributed by atoms with van der Waals surface area (Å²) in [5.74, 6) is 0. The molecule has 1 atom stereocenters. The maximum absolute atomic E-state index is 11.3. The molecule has 0 unspecified atom stereocenters. The molecule has 1 rings (SSSR count). The lowest BCUT2D eigenvalue weighted by atomic mass is 10.1. The molecule has 0 radical (unpaired) electrons. The van der Waals surface area contributed by atoms with E-state index in [-0.39, 0.29) is 12.1 Å². The summed E-state index contributed by atoms with van der Waals surface area (Å²) in [6, 6.07) is 7.25. The molecular formula is C11H15ClN2O. The van der Waals surface area contributed by atoms with Gasteiger partial charge in [-0.25, -0.2) is 4.79 Å². The fourth-order valence-electron chi connectivity index (χ4n) is 1.27. The first-order valence-electron chi connectivity index (χ1n) is 4.93. The van der Waals surface area contributed by atoms with Gasteiger partial charge in [0.2, 0.25) is 0 Å². The zero-order valence-electron chi connectivity index (χ0n) is 8.88. The second-order valence-corrected chi connectivity index (χ2v) is 3.72. The molecule has 82 valence electrons. The van der Waals surface area contributed by atoms with E-state index in [1.165, 1.54) is 0 Å². The first-order valence-corrected chi connectivity index (χ1v) is 5.31. The SMILES string of the molecule is CCNC(=O)N[C@H](C)c1cccc(Cl)c1. The zero-order valence-corrected chi connectivity index (χ0v) is 9.64. The van der Waals surface area contributed by atoms with E-state index >= 15 is 0 Å². The van der Waals surface area contributed by atoms with Crippen molar-refractivity contribution in [1.29, 1.82) is 0 Å². The van der Waals surface area contributed by atoms with Gasteiger partial charge in [0.05, 0.1) is 6.04 Å². The summed E-state index contributed by atoms with van der Waals surface area (Å²) in [6.07, 6.45) is 0. The van der Waals surface area contributed by atoms with Gasteiger partial charge in [-0.2, -0.15) is 0 Å². The molecule has 2 amide bonds. The quantitative estimate of drug-likeness (QED) is 0.818. The van der Waals surface area contributed by atoms with Crippen molar-refractivity contribution in [2.45, 2.75) is 19.9 Å². The summed E-state index contributed by atoms with van der Waals surface area (Å²) >= 11 is 5.86. The monoisotopic (exact) mass is 226 g/mol. The predicted molar refractivity (Wildman–Crippen MR) is 62.1 cm³/mol. The first kappa shape index (κ1) is 11.9. The van der Waals surface area contributed by atoms with E-state index in [0.717, 1.165) is 5.56 Å². The van der Waals surface area contributed by atoms with Crippen LogP contribution in [0.2, 0.25) is 5.02 Å². The summed E-state index contributed by atoms with van der Waals surface area (Å²) in [5.41, 5.74) is 0.994. The van der Waals surface area contributed by atoms with E-state index < -0.39 is 0 Å². The topological polar surface area (TPSA) is 41.1 Å². The number of hydrogen-bond donors (Lipinski definition) is 2. The maximum Gasteiger partial charge on any atom is 0.315 e. The Kier molecular flexibility index (Phi) is 4.43. The molecule has 0 spiro atoms. The fraction of sp³-hybridized carbons (Fsp3) is 0.364. The number of urea groups is 1. The highest BCUT2D eigenvalue weighted by Crippen LogP contribution is 2.16. The summed E-state index contributed by atoms with van der Waals surface area (Å²) < 4.78 is 0. The first-order chi connectivity index (χ1) is 7.13. The smallest absolute Gasteiger partial charge is 0.315 e. The van der Waals surface area contributed by atoms with Crippen LogP contribution < -0.4 is 10.6 Å².